The maximum absolute atomic E-state index is 13.5. The Bertz CT molecular complexity index is 2790. The molecule has 7 aromatic rings. The van der Waals surface area contributed by atoms with Gasteiger partial charge in [-0.25, -0.2) is 0 Å². The molecule has 2 aliphatic carbocycles. The molecule has 0 saturated heterocycles. The maximum atomic E-state index is 13.5. The number of nitrogens with one attached hydrogen (secondary N) is 3. The fraction of sp³-hybridized carbons (Fsp3) is 0.358. The van der Waals surface area contributed by atoms with Gasteiger partial charge in [-0.2, -0.15) is 10.2 Å². The van der Waals surface area contributed by atoms with Crippen LogP contribution in [0.5, 0.6) is 0 Å². The van der Waals surface area contributed by atoms with Crippen molar-refractivity contribution in [1.29, 1.82) is 0 Å². The Kier molecular flexibility index (Phi) is 14.9. The third-order valence-electron chi connectivity index (χ3n) is 13.4. The van der Waals surface area contributed by atoms with Crippen LogP contribution in [0.15, 0.2) is 109 Å². The highest BCUT2D eigenvalue weighted by Gasteiger charge is 2.35. The molecule has 9 rings (SSSR count). The van der Waals surface area contributed by atoms with Crippen molar-refractivity contribution in [1.82, 2.24) is 30.6 Å². The number of aliphatic hydroxyl groups excluding tert-OH is 2. The molecule has 0 bridgehead atoms. The SMILES string of the molecule is Cc1ccc(C2(CNC(=O)c3cc(-c4nn(CC(O)CO)c5ccccc45)ccc3Cl)CCCCC2)cc1.O=C(NCC1(O)CCCCCC1)c1cc(-c2n[nH]c3ccccc23)ccc1Cl. The molecule has 2 heterocycles. The van der Waals surface area contributed by atoms with E-state index in [1.165, 1.54) is 17.5 Å². The molecule has 0 aliphatic heterocycles. The van der Waals surface area contributed by atoms with E-state index in [1.807, 2.05) is 60.7 Å². The van der Waals surface area contributed by atoms with Crippen molar-refractivity contribution in [2.24, 2.45) is 0 Å². The first kappa shape index (κ1) is 47.0. The quantitative estimate of drug-likeness (QED) is 0.0664. The number of carbonyl (C=O) groups excluding carboxylic acids is 2. The van der Waals surface area contributed by atoms with Crippen LogP contribution in [0.2, 0.25) is 10.0 Å². The van der Waals surface area contributed by atoms with Crippen LogP contribution in [-0.2, 0) is 12.0 Å². The van der Waals surface area contributed by atoms with E-state index >= 15 is 0 Å². The highest BCUT2D eigenvalue weighted by atomic mass is 35.5. The van der Waals surface area contributed by atoms with Crippen molar-refractivity contribution >= 4 is 56.8 Å². The molecule has 1 atom stereocenters. The molecule has 2 aliphatic rings. The minimum Gasteiger partial charge on any atom is -0.394 e. The van der Waals surface area contributed by atoms with Crippen molar-refractivity contribution < 1.29 is 24.9 Å². The number of amides is 2. The normalized spacial score (nSPS) is 16.2. The topological polar surface area (TPSA) is 165 Å². The molecule has 0 spiro atoms. The average molecular weight is 930 g/mol. The summed E-state index contributed by atoms with van der Waals surface area (Å²) in [6.45, 7) is 2.72. The van der Waals surface area contributed by atoms with Gasteiger partial charge in [0.1, 0.15) is 5.69 Å². The summed E-state index contributed by atoms with van der Waals surface area (Å²) in [5.74, 6) is -0.474. The molecule has 2 fully saturated rings. The van der Waals surface area contributed by atoms with Crippen LogP contribution in [0.1, 0.15) is 102 Å². The van der Waals surface area contributed by atoms with E-state index in [2.05, 4.69) is 52.0 Å². The van der Waals surface area contributed by atoms with Gasteiger partial charge in [-0.05, 0) is 74.6 Å². The predicted octanol–water partition coefficient (Wildman–Crippen LogP) is 10.3. The number of aryl methyl sites for hydroxylation is 1. The lowest BCUT2D eigenvalue weighted by Gasteiger charge is -2.38. The number of nitrogens with zero attached hydrogens (tertiary/aromatic N) is 3. The number of H-pyrrole nitrogens is 1. The number of aromatic amines is 1. The highest BCUT2D eigenvalue weighted by Crippen LogP contribution is 2.40. The van der Waals surface area contributed by atoms with Gasteiger partial charge < -0.3 is 26.0 Å². The number of hydrogen-bond acceptors (Lipinski definition) is 7. The first-order chi connectivity index (χ1) is 32.0. The number of fused-ring (bicyclic) bond motifs is 2. The number of hydrogen-bond donors (Lipinski definition) is 6. The molecule has 2 aromatic heterocycles. The Morgan fingerprint density at radius 3 is 1.92 bits per heavy atom. The Balaban J connectivity index is 0.000000188. The van der Waals surface area contributed by atoms with E-state index in [4.69, 9.17) is 28.3 Å². The van der Waals surface area contributed by atoms with Gasteiger partial charge in [0.2, 0.25) is 0 Å². The molecule has 6 N–H and O–H groups in total. The molecule has 344 valence electrons. The zero-order chi connectivity index (χ0) is 46.3. The Morgan fingerprint density at radius 1 is 0.712 bits per heavy atom. The number of rotatable bonds is 12. The second-order valence-corrected chi connectivity index (χ2v) is 18.9. The van der Waals surface area contributed by atoms with Gasteiger partial charge in [-0.3, -0.25) is 19.4 Å². The van der Waals surface area contributed by atoms with Crippen LogP contribution >= 0.6 is 23.2 Å². The van der Waals surface area contributed by atoms with E-state index in [9.17, 15) is 24.9 Å². The maximum Gasteiger partial charge on any atom is 0.252 e. The summed E-state index contributed by atoms with van der Waals surface area (Å²) in [6, 6.07) is 35.0. The van der Waals surface area contributed by atoms with Crippen molar-refractivity contribution in [2.75, 3.05) is 19.7 Å². The first-order valence-corrected chi connectivity index (χ1v) is 23.8. The minimum absolute atomic E-state index is 0.0752. The van der Waals surface area contributed by atoms with Crippen LogP contribution in [0, 0.1) is 6.92 Å². The zero-order valence-electron chi connectivity index (χ0n) is 37.3. The Labute approximate surface area is 395 Å². The summed E-state index contributed by atoms with van der Waals surface area (Å²) < 4.78 is 1.69. The van der Waals surface area contributed by atoms with Gasteiger partial charge in [0.25, 0.3) is 11.8 Å². The second-order valence-electron chi connectivity index (χ2n) is 18.1. The molecule has 2 amide bonds. The fourth-order valence-corrected chi connectivity index (χ4v) is 9.97. The standard InChI is InChI=1S/C31H34ClN3O3.C22H24ClN3O2/c1-21-9-12-23(13-10-21)31(15-5-2-6-16-31)20-33-30(38)26-17-22(11-14-27(26)32)29-25-7-3-4-8-28(25)35(34-29)18-24(37)19-36;23-18-10-9-15(20-16-7-3-4-8-19(16)25-26-20)13-17(18)21(27)24-14-22(28)11-5-1-2-6-12-22/h3-4,7-14,17,24,36-37H,2,5-6,15-16,18-20H2,1H3,(H,33,38);3-4,7-10,13,28H,1-2,5-6,11-12,14H2,(H,24,27)(H,25,26). The summed E-state index contributed by atoms with van der Waals surface area (Å²) in [6.07, 6.45) is 10.4. The molecular formula is C53H58Cl2N6O5. The molecule has 11 nitrogen and oxygen atoms in total. The Morgan fingerprint density at radius 2 is 1.27 bits per heavy atom. The minimum atomic E-state index is -0.918. The Hall–Kier alpha value is -5.56. The molecular weight excluding hydrogens is 872 g/mol. The van der Waals surface area contributed by atoms with E-state index < -0.39 is 11.7 Å². The number of benzene rings is 5. The largest absolute Gasteiger partial charge is 0.394 e. The molecule has 13 heteroatoms. The van der Waals surface area contributed by atoms with Gasteiger partial charge >= 0.3 is 0 Å². The number of aromatic nitrogens is 4. The van der Waals surface area contributed by atoms with Crippen LogP contribution in [0.25, 0.3) is 44.3 Å². The molecule has 0 radical (unpaired) electrons. The number of aliphatic hydroxyl groups is 3. The van der Waals surface area contributed by atoms with Gasteiger partial charge in [0.15, 0.2) is 0 Å². The molecule has 66 heavy (non-hydrogen) atoms. The number of halogens is 2. The van der Waals surface area contributed by atoms with Crippen molar-refractivity contribution in [3.63, 3.8) is 0 Å². The average Bonchev–Trinajstić information content (AvgIpc) is 3.86. The summed E-state index contributed by atoms with van der Waals surface area (Å²) in [4.78, 5) is 26.3. The molecule has 5 aromatic carbocycles. The van der Waals surface area contributed by atoms with Crippen LogP contribution in [0.3, 0.4) is 0 Å². The number of para-hydroxylation sites is 2. The van der Waals surface area contributed by atoms with E-state index in [0.717, 1.165) is 103 Å². The summed E-state index contributed by atoms with van der Waals surface area (Å²) in [5, 5.41) is 51.0. The molecule has 2 saturated carbocycles. The zero-order valence-corrected chi connectivity index (χ0v) is 38.8. The smallest absolute Gasteiger partial charge is 0.252 e. The van der Waals surface area contributed by atoms with Crippen LogP contribution in [-0.4, -0.2) is 78.5 Å². The summed E-state index contributed by atoms with van der Waals surface area (Å²) >= 11 is 12.8. The fourth-order valence-electron chi connectivity index (χ4n) is 9.57. The lowest BCUT2D eigenvalue weighted by molar-refractivity contribution is 0.0246. The van der Waals surface area contributed by atoms with Gasteiger partial charge in [-0.15, -0.1) is 0 Å². The van der Waals surface area contributed by atoms with Crippen molar-refractivity contribution in [2.45, 2.75) is 101 Å². The summed E-state index contributed by atoms with van der Waals surface area (Å²) in [7, 11) is 0. The molecule has 1 unspecified atom stereocenters. The monoisotopic (exact) mass is 928 g/mol. The van der Waals surface area contributed by atoms with E-state index in [-0.39, 0.29) is 36.9 Å². The van der Waals surface area contributed by atoms with Crippen molar-refractivity contribution in [3.05, 3.63) is 141 Å². The van der Waals surface area contributed by atoms with E-state index in [1.54, 1.807) is 28.9 Å². The second kappa shape index (κ2) is 20.9. The summed E-state index contributed by atoms with van der Waals surface area (Å²) in [5.41, 5.74) is 7.25. The van der Waals surface area contributed by atoms with E-state index in [0.29, 0.717) is 33.4 Å². The van der Waals surface area contributed by atoms with Crippen LogP contribution < -0.4 is 10.6 Å². The first-order valence-electron chi connectivity index (χ1n) is 23.1. The lowest BCUT2D eigenvalue weighted by Crippen LogP contribution is -2.42. The third-order valence-corrected chi connectivity index (χ3v) is 14.0. The highest BCUT2D eigenvalue weighted by molar-refractivity contribution is 6.34. The van der Waals surface area contributed by atoms with Gasteiger partial charge in [-0.1, -0.05) is 147 Å². The third kappa shape index (κ3) is 10.7. The van der Waals surface area contributed by atoms with Gasteiger partial charge in [0.05, 0.1) is 62.8 Å². The number of carbonyl (C=O) groups is 2. The predicted molar refractivity (Wildman–Crippen MR) is 263 cm³/mol. The van der Waals surface area contributed by atoms with Gasteiger partial charge in [0, 0.05) is 40.4 Å². The van der Waals surface area contributed by atoms with Crippen LogP contribution in [0.4, 0.5) is 0 Å². The van der Waals surface area contributed by atoms with Crippen molar-refractivity contribution in [3.8, 4) is 22.5 Å². The lowest BCUT2D eigenvalue weighted by atomic mass is 9.69.